The van der Waals surface area contributed by atoms with Crippen molar-refractivity contribution in [3.8, 4) is 17.6 Å². The maximum atomic E-state index is 12.0. The van der Waals surface area contributed by atoms with E-state index in [0.717, 1.165) is 29.7 Å². The lowest BCUT2D eigenvalue weighted by molar-refractivity contribution is -0.147. The largest absolute Gasteiger partial charge is 0.492 e. The molecule has 31 heavy (non-hydrogen) atoms. The molecule has 3 rings (SSSR count). The van der Waals surface area contributed by atoms with Gasteiger partial charge in [-0.15, -0.1) is 0 Å². The zero-order valence-electron chi connectivity index (χ0n) is 19.3. The first-order valence-electron chi connectivity index (χ1n) is 11.5. The van der Waals surface area contributed by atoms with Gasteiger partial charge in [0.05, 0.1) is 31.3 Å². The van der Waals surface area contributed by atoms with E-state index in [2.05, 4.69) is 32.6 Å². The fourth-order valence-corrected chi connectivity index (χ4v) is 3.67. The SMILES string of the molecule is COCCCOc1cc(COCC(C)C2CC(C(C)C)C(=O)O2)ccc1C#CC1CC1. The summed E-state index contributed by atoms with van der Waals surface area (Å²) in [5.74, 6) is 8.37. The maximum Gasteiger partial charge on any atom is 0.309 e. The topological polar surface area (TPSA) is 54.0 Å². The average molecular weight is 429 g/mol. The van der Waals surface area contributed by atoms with Crippen LogP contribution >= 0.6 is 0 Å². The Bertz CT molecular complexity index is 787. The normalized spacial score (nSPS) is 21.5. The van der Waals surface area contributed by atoms with Crippen LogP contribution in [0.15, 0.2) is 18.2 Å². The van der Waals surface area contributed by atoms with Gasteiger partial charge in [0, 0.05) is 32.0 Å². The lowest BCUT2D eigenvalue weighted by Gasteiger charge is -2.18. The molecule has 3 atom stereocenters. The van der Waals surface area contributed by atoms with Gasteiger partial charge in [-0.1, -0.05) is 38.7 Å². The quantitative estimate of drug-likeness (QED) is 0.293. The van der Waals surface area contributed by atoms with E-state index in [1.807, 2.05) is 18.2 Å². The minimum Gasteiger partial charge on any atom is -0.492 e. The Morgan fingerprint density at radius 1 is 1.19 bits per heavy atom. The van der Waals surface area contributed by atoms with Crippen LogP contribution in [0.2, 0.25) is 0 Å². The monoisotopic (exact) mass is 428 g/mol. The van der Waals surface area contributed by atoms with E-state index in [0.29, 0.717) is 38.3 Å². The lowest BCUT2D eigenvalue weighted by atomic mass is 9.90. The Labute approximate surface area is 186 Å². The molecule has 1 aliphatic carbocycles. The van der Waals surface area contributed by atoms with Crippen LogP contribution in [-0.2, 0) is 25.6 Å². The predicted octanol–water partition coefficient (Wildman–Crippen LogP) is 4.60. The van der Waals surface area contributed by atoms with Crippen LogP contribution < -0.4 is 4.74 Å². The van der Waals surface area contributed by atoms with Crippen molar-refractivity contribution in [2.24, 2.45) is 23.7 Å². The second-order valence-electron chi connectivity index (χ2n) is 9.12. The van der Waals surface area contributed by atoms with Crippen LogP contribution in [-0.4, -0.2) is 39.0 Å². The highest BCUT2D eigenvalue weighted by molar-refractivity contribution is 5.74. The molecule has 5 heteroatoms. The average Bonchev–Trinajstić information content (AvgIpc) is 3.49. The van der Waals surface area contributed by atoms with Crippen LogP contribution in [0, 0.1) is 35.5 Å². The number of benzene rings is 1. The molecule has 0 amide bonds. The van der Waals surface area contributed by atoms with Crippen molar-refractivity contribution in [3.63, 3.8) is 0 Å². The Kier molecular flexibility index (Phi) is 8.80. The Morgan fingerprint density at radius 3 is 2.68 bits per heavy atom. The molecule has 0 radical (unpaired) electrons. The highest BCUT2D eigenvalue weighted by Gasteiger charge is 2.38. The maximum absolute atomic E-state index is 12.0. The van der Waals surface area contributed by atoms with Gasteiger partial charge < -0.3 is 18.9 Å². The fraction of sp³-hybridized carbons (Fsp3) is 0.654. The van der Waals surface area contributed by atoms with E-state index >= 15 is 0 Å². The first-order chi connectivity index (χ1) is 15.0. The van der Waals surface area contributed by atoms with Crippen molar-refractivity contribution in [3.05, 3.63) is 29.3 Å². The van der Waals surface area contributed by atoms with Crippen molar-refractivity contribution in [1.29, 1.82) is 0 Å². The molecule has 1 saturated carbocycles. The van der Waals surface area contributed by atoms with Gasteiger partial charge in [0.25, 0.3) is 0 Å². The Balaban J connectivity index is 1.53. The van der Waals surface area contributed by atoms with Gasteiger partial charge in [0.1, 0.15) is 11.9 Å². The van der Waals surface area contributed by atoms with Crippen LogP contribution in [0.5, 0.6) is 5.75 Å². The molecule has 0 bridgehead atoms. The first kappa shape index (κ1) is 23.6. The summed E-state index contributed by atoms with van der Waals surface area (Å²) in [6, 6.07) is 6.10. The third kappa shape index (κ3) is 7.26. The van der Waals surface area contributed by atoms with Gasteiger partial charge >= 0.3 is 5.97 Å². The zero-order chi connectivity index (χ0) is 22.2. The third-order valence-corrected chi connectivity index (χ3v) is 5.93. The number of ether oxygens (including phenoxy) is 4. The van der Waals surface area contributed by atoms with E-state index in [1.54, 1.807) is 7.11 Å². The second kappa shape index (κ2) is 11.5. The van der Waals surface area contributed by atoms with E-state index in [4.69, 9.17) is 18.9 Å². The van der Waals surface area contributed by atoms with E-state index in [1.165, 1.54) is 12.8 Å². The number of carbonyl (C=O) groups is 1. The number of methoxy groups -OCH3 is 1. The minimum absolute atomic E-state index is 0.00885. The number of rotatable bonds is 11. The van der Waals surface area contributed by atoms with E-state index in [9.17, 15) is 4.79 Å². The van der Waals surface area contributed by atoms with Crippen molar-refractivity contribution in [1.82, 2.24) is 0 Å². The van der Waals surface area contributed by atoms with Gasteiger partial charge in [0.15, 0.2) is 0 Å². The molecule has 1 aromatic rings. The van der Waals surface area contributed by atoms with Gasteiger partial charge in [-0.3, -0.25) is 4.79 Å². The molecule has 2 aliphatic rings. The minimum atomic E-state index is -0.0648. The van der Waals surface area contributed by atoms with Crippen LogP contribution in [0.3, 0.4) is 0 Å². The number of cyclic esters (lactones) is 1. The van der Waals surface area contributed by atoms with Gasteiger partial charge in [-0.25, -0.2) is 0 Å². The van der Waals surface area contributed by atoms with Crippen LogP contribution in [0.4, 0.5) is 0 Å². The molecule has 1 aromatic carbocycles. The Morgan fingerprint density at radius 2 is 2.00 bits per heavy atom. The molecule has 1 heterocycles. The molecule has 2 fully saturated rings. The van der Waals surface area contributed by atoms with Crippen molar-refractivity contribution >= 4 is 5.97 Å². The summed E-state index contributed by atoms with van der Waals surface area (Å²) < 4.78 is 22.7. The summed E-state index contributed by atoms with van der Waals surface area (Å²) in [5, 5.41) is 0. The highest BCUT2D eigenvalue weighted by Crippen LogP contribution is 2.32. The van der Waals surface area contributed by atoms with Gasteiger partial charge in [0.2, 0.25) is 0 Å². The first-order valence-corrected chi connectivity index (χ1v) is 11.5. The van der Waals surface area contributed by atoms with E-state index < -0.39 is 0 Å². The summed E-state index contributed by atoms with van der Waals surface area (Å²) in [6.07, 6.45) is 3.97. The molecule has 170 valence electrons. The van der Waals surface area contributed by atoms with E-state index in [-0.39, 0.29) is 23.9 Å². The smallest absolute Gasteiger partial charge is 0.309 e. The van der Waals surface area contributed by atoms with Crippen LogP contribution in [0.25, 0.3) is 0 Å². The van der Waals surface area contributed by atoms with Crippen molar-refractivity contribution in [2.45, 2.75) is 59.2 Å². The number of esters is 1. The molecule has 0 spiro atoms. The molecular weight excluding hydrogens is 392 g/mol. The molecule has 0 aromatic heterocycles. The Hall–Kier alpha value is -2.03. The highest BCUT2D eigenvalue weighted by atomic mass is 16.6. The third-order valence-electron chi connectivity index (χ3n) is 5.93. The molecule has 3 unspecified atom stereocenters. The number of hydrogen-bond donors (Lipinski definition) is 0. The summed E-state index contributed by atoms with van der Waals surface area (Å²) >= 11 is 0. The summed E-state index contributed by atoms with van der Waals surface area (Å²) in [7, 11) is 1.70. The summed E-state index contributed by atoms with van der Waals surface area (Å²) in [4.78, 5) is 12.0. The number of carbonyl (C=O) groups excluding carboxylic acids is 1. The second-order valence-corrected chi connectivity index (χ2v) is 9.12. The zero-order valence-corrected chi connectivity index (χ0v) is 19.3. The standard InChI is InChI=1S/C26H36O5/c1-18(2)23-15-24(31-26(23)27)19(3)16-29-17-21-9-11-22(10-8-20-6-7-20)25(14-21)30-13-5-12-28-4/h9,11,14,18-20,23-24H,5-7,12-13,15-17H2,1-4H3. The predicted molar refractivity (Wildman–Crippen MR) is 120 cm³/mol. The lowest BCUT2D eigenvalue weighted by Crippen LogP contribution is -2.22. The molecular formula is C26H36O5. The molecule has 5 nitrogen and oxygen atoms in total. The van der Waals surface area contributed by atoms with Crippen molar-refractivity contribution in [2.75, 3.05) is 26.9 Å². The van der Waals surface area contributed by atoms with Crippen LogP contribution in [0.1, 0.15) is 57.6 Å². The molecule has 1 saturated heterocycles. The van der Waals surface area contributed by atoms with Gasteiger partial charge in [-0.2, -0.15) is 0 Å². The molecule has 0 N–H and O–H groups in total. The summed E-state index contributed by atoms with van der Waals surface area (Å²) in [6.45, 7) is 8.54. The number of hydrogen-bond acceptors (Lipinski definition) is 5. The van der Waals surface area contributed by atoms with Crippen molar-refractivity contribution < 1.29 is 23.7 Å². The van der Waals surface area contributed by atoms with Gasteiger partial charge in [-0.05, 0) is 42.9 Å². The molecule has 1 aliphatic heterocycles. The summed E-state index contributed by atoms with van der Waals surface area (Å²) in [5.41, 5.74) is 1.98. The fourth-order valence-electron chi connectivity index (χ4n) is 3.67.